The molecule has 2 aliphatic heterocycles. The summed E-state index contributed by atoms with van der Waals surface area (Å²) in [5.74, 6) is 1.34. The molecule has 0 radical (unpaired) electrons. The highest BCUT2D eigenvalue weighted by molar-refractivity contribution is 5.94. The molecule has 0 spiro atoms. The van der Waals surface area contributed by atoms with Crippen LogP contribution in [0.1, 0.15) is 36.2 Å². The van der Waals surface area contributed by atoms with Gasteiger partial charge in [0, 0.05) is 56.7 Å². The van der Waals surface area contributed by atoms with Gasteiger partial charge in [0.15, 0.2) is 11.5 Å². The lowest BCUT2D eigenvalue weighted by Gasteiger charge is -2.32. The number of rotatable bonds is 5. The van der Waals surface area contributed by atoms with E-state index in [1.54, 1.807) is 24.5 Å². The number of fused-ring (bicyclic) bond motifs is 1. The first-order valence-corrected chi connectivity index (χ1v) is 13.2. The molecule has 2 saturated heterocycles. The Morgan fingerprint density at radius 3 is 2.44 bits per heavy atom. The van der Waals surface area contributed by atoms with E-state index in [4.69, 9.17) is 19.8 Å². The highest BCUT2D eigenvalue weighted by atomic mass is 16.5. The number of likely N-dealkylation sites (tertiary alicyclic amines) is 1. The van der Waals surface area contributed by atoms with Gasteiger partial charge in [-0.15, -0.1) is 0 Å². The van der Waals surface area contributed by atoms with Crippen LogP contribution in [-0.4, -0.2) is 80.8 Å². The molecule has 0 saturated carbocycles. The number of amides is 2. The Morgan fingerprint density at radius 2 is 1.74 bits per heavy atom. The molecule has 200 valence electrons. The predicted molar refractivity (Wildman–Crippen MR) is 147 cm³/mol. The molecule has 11 heteroatoms. The highest BCUT2D eigenvalue weighted by Gasteiger charge is 2.28. The molecule has 3 aromatic heterocycles. The lowest BCUT2D eigenvalue weighted by Crippen LogP contribution is -2.39. The Labute approximate surface area is 225 Å². The van der Waals surface area contributed by atoms with Gasteiger partial charge in [-0.3, -0.25) is 14.6 Å². The number of ether oxygens (including phenoxy) is 1. The molecule has 2 fully saturated rings. The molecule has 2 amide bonds. The summed E-state index contributed by atoms with van der Waals surface area (Å²) < 4.78 is 7.58. The predicted octanol–water partition coefficient (Wildman–Crippen LogP) is 3.16. The van der Waals surface area contributed by atoms with Crippen molar-refractivity contribution in [1.82, 2.24) is 29.6 Å². The first-order valence-electron chi connectivity index (χ1n) is 13.2. The van der Waals surface area contributed by atoms with Crippen LogP contribution >= 0.6 is 0 Å². The number of hydrogen-bond donors (Lipinski definition) is 1. The number of anilines is 2. The molecule has 0 atom stereocenters. The number of piperidine rings is 1. The van der Waals surface area contributed by atoms with E-state index in [0.717, 1.165) is 54.0 Å². The number of carbonyl (C=O) groups excluding carboxylic acids is 2. The summed E-state index contributed by atoms with van der Waals surface area (Å²) in [5.41, 5.74) is 2.96. The molecule has 1 aromatic carbocycles. The molecule has 0 aliphatic carbocycles. The van der Waals surface area contributed by atoms with E-state index in [9.17, 15) is 9.59 Å². The van der Waals surface area contributed by atoms with Gasteiger partial charge in [0.05, 0.1) is 36.4 Å². The number of pyridine rings is 1. The van der Waals surface area contributed by atoms with Gasteiger partial charge in [-0.1, -0.05) is 0 Å². The van der Waals surface area contributed by atoms with Crippen LogP contribution in [0.15, 0.2) is 55.0 Å². The van der Waals surface area contributed by atoms with Crippen LogP contribution in [0.4, 0.5) is 11.5 Å². The molecule has 1 N–H and O–H groups in total. The quantitative estimate of drug-likeness (QED) is 0.421. The molecule has 5 heterocycles. The van der Waals surface area contributed by atoms with Crippen LogP contribution in [0.2, 0.25) is 0 Å². The van der Waals surface area contributed by atoms with E-state index in [2.05, 4.69) is 15.2 Å². The SMILES string of the molecule is CC(=O)Nc1ccc(-c2nc(N3CCOCC3)c3cnn(C4CCN(C(=O)c5cccnc5)CC4)c3n2)cc1. The number of carbonyl (C=O) groups is 2. The number of nitrogens with one attached hydrogen (secondary N) is 1. The van der Waals surface area contributed by atoms with E-state index in [1.807, 2.05) is 40.0 Å². The maximum atomic E-state index is 12.9. The molecule has 2 aliphatic rings. The normalized spacial score (nSPS) is 16.4. The van der Waals surface area contributed by atoms with Gasteiger partial charge >= 0.3 is 0 Å². The second-order valence-corrected chi connectivity index (χ2v) is 9.82. The average molecular weight is 527 g/mol. The third kappa shape index (κ3) is 5.17. The minimum atomic E-state index is -0.118. The Balaban J connectivity index is 1.31. The first-order chi connectivity index (χ1) is 19.1. The Bertz CT molecular complexity index is 1470. The van der Waals surface area contributed by atoms with Crippen LogP contribution in [-0.2, 0) is 9.53 Å². The number of nitrogens with zero attached hydrogens (tertiary/aromatic N) is 7. The van der Waals surface area contributed by atoms with E-state index in [0.29, 0.717) is 37.7 Å². The zero-order valence-corrected chi connectivity index (χ0v) is 21.8. The number of hydrogen-bond acceptors (Lipinski definition) is 8. The Morgan fingerprint density at radius 1 is 0.974 bits per heavy atom. The van der Waals surface area contributed by atoms with Gasteiger partial charge in [-0.2, -0.15) is 5.10 Å². The second-order valence-electron chi connectivity index (χ2n) is 9.82. The van der Waals surface area contributed by atoms with Crippen molar-refractivity contribution >= 4 is 34.4 Å². The van der Waals surface area contributed by atoms with Crippen molar-refractivity contribution in [3.8, 4) is 11.4 Å². The van der Waals surface area contributed by atoms with Crippen molar-refractivity contribution in [3.05, 3.63) is 60.6 Å². The third-order valence-corrected chi connectivity index (χ3v) is 7.21. The van der Waals surface area contributed by atoms with Crippen molar-refractivity contribution in [2.45, 2.75) is 25.8 Å². The summed E-state index contributed by atoms with van der Waals surface area (Å²) in [5, 5.41) is 8.48. The maximum Gasteiger partial charge on any atom is 0.255 e. The largest absolute Gasteiger partial charge is 0.378 e. The average Bonchev–Trinajstić information content (AvgIpc) is 3.41. The minimum Gasteiger partial charge on any atom is -0.378 e. The van der Waals surface area contributed by atoms with E-state index >= 15 is 0 Å². The lowest BCUT2D eigenvalue weighted by molar-refractivity contribution is -0.114. The summed E-state index contributed by atoms with van der Waals surface area (Å²) in [4.78, 5) is 42.5. The van der Waals surface area contributed by atoms with E-state index < -0.39 is 0 Å². The van der Waals surface area contributed by atoms with Gasteiger partial charge < -0.3 is 19.9 Å². The van der Waals surface area contributed by atoms with Gasteiger partial charge in [-0.05, 0) is 49.2 Å². The molecule has 11 nitrogen and oxygen atoms in total. The van der Waals surface area contributed by atoms with Gasteiger partial charge in [0.2, 0.25) is 5.91 Å². The molecule has 0 unspecified atom stereocenters. The summed E-state index contributed by atoms with van der Waals surface area (Å²) in [6.45, 7) is 5.53. The molecule has 39 heavy (non-hydrogen) atoms. The fraction of sp³-hybridized carbons (Fsp3) is 0.357. The molecular formula is C28H30N8O3. The monoisotopic (exact) mass is 526 g/mol. The zero-order chi connectivity index (χ0) is 26.8. The van der Waals surface area contributed by atoms with Gasteiger partial charge in [0.25, 0.3) is 5.91 Å². The lowest BCUT2D eigenvalue weighted by atomic mass is 10.0. The molecule has 4 aromatic rings. The Hall–Kier alpha value is -4.38. The standard InChI is InChI=1S/C28H30N8O3/c1-19(37)31-22-6-4-20(5-7-22)25-32-26(34-13-15-39-16-14-34)24-18-30-36(27(24)33-25)23-8-11-35(12-9-23)28(38)21-3-2-10-29-17-21/h2-7,10,17-18,23H,8-9,11-16H2,1H3,(H,31,37). The molecule has 0 bridgehead atoms. The van der Waals surface area contributed by atoms with Crippen molar-refractivity contribution in [2.75, 3.05) is 49.6 Å². The van der Waals surface area contributed by atoms with Gasteiger partial charge in [-0.25, -0.2) is 14.6 Å². The summed E-state index contributed by atoms with van der Waals surface area (Å²) in [6.07, 6.45) is 6.70. The van der Waals surface area contributed by atoms with Crippen LogP contribution < -0.4 is 10.2 Å². The highest BCUT2D eigenvalue weighted by Crippen LogP contribution is 2.32. The first kappa shape index (κ1) is 24.9. The van der Waals surface area contributed by atoms with E-state index in [1.165, 1.54) is 6.92 Å². The fourth-order valence-corrected chi connectivity index (χ4v) is 5.21. The summed E-state index contributed by atoms with van der Waals surface area (Å²) in [7, 11) is 0. The van der Waals surface area contributed by atoms with Crippen LogP contribution in [0.25, 0.3) is 22.4 Å². The van der Waals surface area contributed by atoms with Crippen LogP contribution in [0.3, 0.4) is 0 Å². The van der Waals surface area contributed by atoms with Gasteiger partial charge in [0.1, 0.15) is 5.82 Å². The summed E-state index contributed by atoms with van der Waals surface area (Å²) in [6, 6.07) is 11.2. The fourth-order valence-electron chi connectivity index (χ4n) is 5.21. The van der Waals surface area contributed by atoms with Crippen LogP contribution in [0.5, 0.6) is 0 Å². The van der Waals surface area contributed by atoms with Crippen molar-refractivity contribution in [1.29, 1.82) is 0 Å². The number of morpholine rings is 1. The van der Waals surface area contributed by atoms with E-state index in [-0.39, 0.29) is 17.9 Å². The third-order valence-electron chi connectivity index (χ3n) is 7.21. The maximum absolute atomic E-state index is 12.9. The molecule has 6 rings (SSSR count). The number of aromatic nitrogens is 5. The second kappa shape index (κ2) is 10.8. The number of benzene rings is 1. The van der Waals surface area contributed by atoms with Crippen molar-refractivity contribution < 1.29 is 14.3 Å². The summed E-state index contributed by atoms with van der Waals surface area (Å²) >= 11 is 0. The van der Waals surface area contributed by atoms with Crippen LogP contribution in [0, 0.1) is 0 Å². The smallest absolute Gasteiger partial charge is 0.255 e. The Kier molecular flexibility index (Phi) is 6.89. The van der Waals surface area contributed by atoms with Crippen molar-refractivity contribution in [3.63, 3.8) is 0 Å². The topological polar surface area (TPSA) is 118 Å². The minimum absolute atomic E-state index is 0.00815. The van der Waals surface area contributed by atoms with Crippen molar-refractivity contribution in [2.24, 2.45) is 0 Å². The molecular weight excluding hydrogens is 496 g/mol. The zero-order valence-electron chi connectivity index (χ0n) is 21.8.